The van der Waals surface area contributed by atoms with Crippen molar-refractivity contribution in [1.82, 2.24) is 9.78 Å². The molecule has 0 aliphatic carbocycles. The lowest BCUT2D eigenvalue weighted by Crippen LogP contribution is -2.14. The molecule has 1 aromatic carbocycles. The standard InChI is InChI=1S/C11H11ClN2O4/c1-3-17-10-13-14(11(15)18-10)8-6-4-5-7(12)9(8)16-2/h4-6H,3H2,1-2H3. The van der Waals surface area contributed by atoms with E-state index < -0.39 is 5.76 Å². The molecule has 0 amide bonds. The fourth-order valence-electron chi connectivity index (χ4n) is 1.46. The van der Waals surface area contributed by atoms with E-state index in [-0.39, 0.29) is 6.08 Å². The summed E-state index contributed by atoms with van der Waals surface area (Å²) in [4.78, 5) is 11.6. The molecule has 7 heteroatoms. The molecule has 0 spiro atoms. The summed E-state index contributed by atoms with van der Waals surface area (Å²) in [6.07, 6.45) is -0.0930. The molecule has 0 aliphatic heterocycles. The molecule has 2 aromatic rings. The molecule has 2 rings (SSSR count). The second-order valence-corrected chi connectivity index (χ2v) is 3.68. The smallest absolute Gasteiger partial charge is 0.444 e. The van der Waals surface area contributed by atoms with Crippen molar-refractivity contribution in [2.24, 2.45) is 0 Å². The first-order valence-electron chi connectivity index (χ1n) is 5.23. The number of nitrogens with zero attached hydrogens (tertiary/aromatic N) is 2. The van der Waals surface area contributed by atoms with Gasteiger partial charge < -0.3 is 13.9 Å². The van der Waals surface area contributed by atoms with Crippen LogP contribution in [0.5, 0.6) is 11.8 Å². The van der Waals surface area contributed by atoms with Gasteiger partial charge in [0.1, 0.15) is 5.69 Å². The van der Waals surface area contributed by atoms with Crippen LogP contribution < -0.4 is 15.2 Å². The number of ether oxygens (including phenoxy) is 2. The maximum absolute atomic E-state index is 11.6. The third-order valence-electron chi connectivity index (χ3n) is 2.18. The normalized spacial score (nSPS) is 10.4. The number of benzene rings is 1. The second kappa shape index (κ2) is 5.14. The lowest BCUT2D eigenvalue weighted by atomic mass is 10.3. The number of aromatic nitrogens is 2. The van der Waals surface area contributed by atoms with Crippen LogP contribution in [-0.2, 0) is 0 Å². The number of para-hydroxylation sites is 1. The van der Waals surface area contributed by atoms with E-state index in [9.17, 15) is 4.79 Å². The summed E-state index contributed by atoms with van der Waals surface area (Å²) in [7, 11) is 1.46. The Morgan fingerprint density at radius 2 is 2.28 bits per heavy atom. The van der Waals surface area contributed by atoms with Gasteiger partial charge in [0.15, 0.2) is 5.75 Å². The lowest BCUT2D eigenvalue weighted by molar-refractivity contribution is 0.238. The van der Waals surface area contributed by atoms with Crippen molar-refractivity contribution < 1.29 is 13.9 Å². The number of hydrogen-bond acceptors (Lipinski definition) is 5. The molecule has 1 heterocycles. The van der Waals surface area contributed by atoms with Crippen LogP contribution in [-0.4, -0.2) is 23.5 Å². The summed E-state index contributed by atoms with van der Waals surface area (Å²) in [6.45, 7) is 2.12. The number of rotatable bonds is 4. The third-order valence-corrected chi connectivity index (χ3v) is 2.47. The first-order valence-corrected chi connectivity index (χ1v) is 5.61. The largest absolute Gasteiger partial charge is 0.493 e. The number of halogens is 1. The first-order chi connectivity index (χ1) is 8.67. The van der Waals surface area contributed by atoms with E-state index in [1.54, 1.807) is 25.1 Å². The molecule has 6 nitrogen and oxygen atoms in total. The van der Waals surface area contributed by atoms with Gasteiger partial charge in [0.2, 0.25) is 0 Å². The molecule has 0 saturated carbocycles. The van der Waals surface area contributed by atoms with E-state index >= 15 is 0 Å². The van der Waals surface area contributed by atoms with Crippen LogP contribution >= 0.6 is 11.6 Å². The molecule has 0 bridgehead atoms. The van der Waals surface area contributed by atoms with E-state index in [0.29, 0.717) is 23.1 Å². The Labute approximate surface area is 108 Å². The Bertz CT molecular complexity index is 605. The monoisotopic (exact) mass is 270 g/mol. The van der Waals surface area contributed by atoms with Crippen LogP contribution in [0, 0.1) is 0 Å². The molecular formula is C11H11ClN2O4. The van der Waals surface area contributed by atoms with Gasteiger partial charge in [-0.05, 0) is 19.1 Å². The predicted octanol–water partition coefficient (Wildman–Crippen LogP) is 1.89. The molecule has 0 N–H and O–H groups in total. The molecule has 0 unspecified atom stereocenters. The van der Waals surface area contributed by atoms with Crippen molar-refractivity contribution in [2.75, 3.05) is 13.7 Å². The van der Waals surface area contributed by atoms with E-state index in [0.717, 1.165) is 4.68 Å². The highest BCUT2D eigenvalue weighted by Crippen LogP contribution is 2.30. The fourth-order valence-corrected chi connectivity index (χ4v) is 1.71. The highest BCUT2D eigenvalue weighted by molar-refractivity contribution is 6.32. The van der Waals surface area contributed by atoms with Crippen molar-refractivity contribution in [3.8, 4) is 17.5 Å². The summed E-state index contributed by atoms with van der Waals surface area (Å²) < 4.78 is 16.0. The minimum Gasteiger partial charge on any atom is -0.493 e. The lowest BCUT2D eigenvalue weighted by Gasteiger charge is -2.07. The van der Waals surface area contributed by atoms with Crippen LogP contribution in [0.1, 0.15) is 6.92 Å². The summed E-state index contributed by atoms with van der Waals surface area (Å²) in [6, 6.07) is 4.98. The van der Waals surface area contributed by atoms with Crippen molar-refractivity contribution in [3.05, 3.63) is 33.8 Å². The Morgan fingerprint density at radius 1 is 1.50 bits per heavy atom. The Kier molecular flexibility index (Phi) is 3.57. The topological polar surface area (TPSA) is 66.5 Å². The minimum atomic E-state index is -0.668. The second-order valence-electron chi connectivity index (χ2n) is 3.27. The van der Waals surface area contributed by atoms with Crippen LogP contribution in [0.3, 0.4) is 0 Å². The number of hydrogen-bond donors (Lipinski definition) is 0. The molecule has 0 saturated heterocycles. The fraction of sp³-hybridized carbons (Fsp3) is 0.273. The van der Waals surface area contributed by atoms with Gasteiger partial charge in [-0.15, -0.1) is 0 Å². The van der Waals surface area contributed by atoms with Crippen molar-refractivity contribution in [2.45, 2.75) is 6.92 Å². The maximum atomic E-state index is 11.6. The van der Waals surface area contributed by atoms with E-state index in [4.69, 9.17) is 25.5 Å². The molecular weight excluding hydrogens is 260 g/mol. The first kappa shape index (κ1) is 12.5. The SMILES string of the molecule is CCOc1nn(-c2cccc(Cl)c2OC)c(=O)o1. The molecule has 0 aliphatic rings. The van der Waals surface area contributed by atoms with Crippen LogP contribution in [0.4, 0.5) is 0 Å². The Balaban J connectivity index is 2.55. The van der Waals surface area contributed by atoms with Gasteiger partial charge in [0, 0.05) is 0 Å². The average molecular weight is 271 g/mol. The van der Waals surface area contributed by atoms with Gasteiger partial charge >= 0.3 is 11.8 Å². The molecule has 96 valence electrons. The molecule has 1 aromatic heterocycles. The Morgan fingerprint density at radius 3 is 2.94 bits per heavy atom. The zero-order valence-corrected chi connectivity index (χ0v) is 10.6. The van der Waals surface area contributed by atoms with Crippen molar-refractivity contribution >= 4 is 11.6 Å². The predicted molar refractivity (Wildman–Crippen MR) is 64.8 cm³/mol. The zero-order chi connectivity index (χ0) is 13.1. The molecule has 0 atom stereocenters. The van der Waals surface area contributed by atoms with Gasteiger partial charge in [-0.3, -0.25) is 0 Å². The van der Waals surface area contributed by atoms with E-state index in [1.807, 2.05) is 0 Å². The molecule has 18 heavy (non-hydrogen) atoms. The summed E-state index contributed by atoms with van der Waals surface area (Å²) in [5.74, 6) is -0.323. The molecule has 0 fully saturated rings. The minimum absolute atomic E-state index is 0.0930. The Hall–Kier alpha value is -1.95. The van der Waals surface area contributed by atoms with Crippen LogP contribution in [0.2, 0.25) is 5.02 Å². The van der Waals surface area contributed by atoms with Gasteiger partial charge in [-0.25, -0.2) is 4.79 Å². The van der Waals surface area contributed by atoms with E-state index in [2.05, 4.69) is 5.10 Å². The van der Waals surface area contributed by atoms with Gasteiger partial charge in [-0.2, -0.15) is 4.68 Å². The van der Waals surface area contributed by atoms with E-state index in [1.165, 1.54) is 7.11 Å². The van der Waals surface area contributed by atoms with Crippen molar-refractivity contribution in [1.29, 1.82) is 0 Å². The van der Waals surface area contributed by atoms with Crippen LogP contribution in [0.15, 0.2) is 27.4 Å². The summed E-state index contributed by atoms with van der Waals surface area (Å²) in [5, 5.41) is 4.27. The van der Waals surface area contributed by atoms with Crippen molar-refractivity contribution in [3.63, 3.8) is 0 Å². The summed E-state index contributed by atoms with van der Waals surface area (Å²) >= 11 is 5.97. The highest BCUT2D eigenvalue weighted by atomic mass is 35.5. The summed E-state index contributed by atoms with van der Waals surface area (Å²) in [5.41, 5.74) is 0.393. The molecule has 0 radical (unpaired) electrons. The van der Waals surface area contributed by atoms with Gasteiger partial charge in [-0.1, -0.05) is 22.8 Å². The quantitative estimate of drug-likeness (QED) is 0.849. The maximum Gasteiger partial charge on any atom is 0.444 e. The van der Waals surface area contributed by atoms with Gasteiger partial charge in [0.25, 0.3) is 0 Å². The van der Waals surface area contributed by atoms with Gasteiger partial charge in [0.05, 0.1) is 18.7 Å². The zero-order valence-electron chi connectivity index (χ0n) is 9.84. The average Bonchev–Trinajstić information content (AvgIpc) is 2.70. The number of methoxy groups -OCH3 is 1. The third kappa shape index (κ3) is 2.19. The highest BCUT2D eigenvalue weighted by Gasteiger charge is 2.16. The van der Waals surface area contributed by atoms with Crippen LogP contribution in [0.25, 0.3) is 5.69 Å².